The van der Waals surface area contributed by atoms with Crippen LogP contribution in [0.15, 0.2) is 84.9 Å². The number of benzene rings is 3. The maximum Gasteiger partial charge on any atom is -0.0140 e. The van der Waals surface area contributed by atoms with E-state index in [1.54, 1.807) is 0 Å². The van der Waals surface area contributed by atoms with Crippen LogP contribution >= 0.6 is 0 Å². The fourth-order valence-corrected chi connectivity index (χ4v) is 4.01. The summed E-state index contributed by atoms with van der Waals surface area (Å²) < 4.78 is 0. The standard InChI is InChI=1S/C28H32/c1-5-21(3)27(23-15-9-7-10-16-23)25-19-13-14-20-26(25)28(22(4)6-2)24-17-11-8-12-18-24/h7-22H,5-6H2,1-4H3. The molecule has 0 saturated carbocycles. The van der Waals surface area contributed by atoms with Crippen molar-refractivity contribution in [3.05, 3.63) is 106 Å². The van der Waals surface area contributed by atoms with Crippen LogP contribution in [0.1, 0.15) is 51.7 Å². The van der Waals surface area contributed by atoms with Gasteiger partial charge in [0, 0.05) is 0 Å². The van der Waals surface area contributed by atoms with Crippen molar-refractivity contribution in [1.29, 1.82) is 0 Å². The highest BCUT2D eigenvalue weighted by molar-refractivity contribution is 5.71. The lowest BCUT2D eigenvalue weighted by Gasteiger charge is -2.19. The zero-order valence-electron chi connectivity index (χ0n) is 17.7. The molecule has 0 nitrogen and oxygen atoms in total. The van der Waals surface area contributed by atoms with Crippen LogP contribution in [0.25, 0.3) is 11.1 Å². The molecule has 0 radical (unpaired) electrons. The molecule has 144 valence electrons. The Morgan fingerprint density at radius 1 is 0.536 bits per heavy atom. The van der Waals surface area contributed by atoms with E-state index in [0.717, 1.165) is 12.8 Å². The maximum atomic E-state index is 2.35. The van der Waals surface area contributed by atoms with E-state index in [0.29, 0.717) is 11.8 Å². The molecule has 28 heavy (non-hydrogen) atoms. The average molecular weight is 369 g/mol. The van der Waals surface area contributed by atoms with Crippen molar-refractivity contribution in [2.24, 2.45) is 11.8 Å². The van der Waals surface area contributed by atoms with Crippen LogP contribution in [0.5, 0.6) is 0 Å². The van der Waals surface area contributed by atoms with Crippen LogP contribution in [-0.2, 0) is 0 Å². The van der Waals surface area contributed by atoms with Crippen LogP contribution < -0.4 is 10.4 Å². The molecule has 0 bridgehead atoms. The molecule has 0 aliphatic carbocycles. The van der Waals surface area contributed by atoms with Gasteiger partial charge in [-0.15, -0.1) is 0 Å². The van der Waals surface area contributed by atoms with E-state index in [4.69, 9.17) is 0 Å². The number of hydrogen-bond donors (Lipinski definition) is 0. The van der Waals surface area contributed by atoms with Gasteiger partial charge in [0.05, 0.1) is 0 Å². The molecule has 3 aromatic carbocycles. The molecule has 3 rings (SSSR count). The molecule has 0 heterocycles. The zero-order valence-corrected chi connectivity index (χ0v) is 17.7. The summed E-state index contributed by atoms with van der Waals surface area (Å²) in [5.41, 5.74) is 5.58. The SMILES string of the molecule is CCC(C)C(c1ccccc1)=c1ccccc1=C(c1ccccc1)C(C)CC. The minimum Gasteiger partial charge on any atom is -0.0648 e. The normalized spacial score (nSPS) is 15.6. The summed E-state index contributed by atoms with van der Waals surface area (Å²) in [5.74, 6) is 0.995. The molecule has 0 saturated heterocycles. The predicted octanol–water partition coefficient (Wildman–Crippen LogP) is 6.18. The second-order valence-electron chi connectivity index (χ2n) is 7.72. The van der Waals surface area contributed by atoms with Gasteiger partial charge < -0.3 is 0 Å². The van der Waals surface area contributed by atoms with Gasteiger partial charge in [0.15, 0.2) is 0 Å². The van der Waals surface area contributed by atoms with Crippen molar-refractivity contribution < 1.29 is 0 Å². The number of hydrogen-bond acceptors (Lipinski definition) is 0. The Hall–Kier alpha value is -2.60. The quantitative estimate of drug-likeness (QED) is 0.487. The average Bonchev–Trinajstić information content (AvgIpc) is 2.76. The van der Waals surface area contributed by atoms with Crippen molar-refractivity contribution in [1.82, 2.24) is 0 Å². The monoisotopic (exact) mass is 368 g/mol. The molecule has 0 N–H and O–H groups in total. The first kappa shape index (κ1) is 20.1. The van der Waals surface area contributed by atoms with E-state index in [1.165, 1.54) is 32.7 Å². The highest BCUT2D eigenvalue weighted by Gasteiger charge is 2.14. The van der Waals surface area contributed by atoms with Crippen LogP contribution in [-0.4, -0.2) is 0 Å². The molecule has 0 spiro atoms. The third kappa shape index (κ3) is 4.28. The van der Waals surface area contributed by atoms with Crippen molar-refractivity contribution >= 4 is 11.1 Å². The van der Waals surface area contributed by atoms with E-state index in [1.807, 2.05) is 0 Å². The largest absolute Gasteiger partial charge is 0.0648 e. The summed E-state index contributed by atoms with van der Waals surface area (Å²) >= 11 is 0. The predicted molar refractivity (Wildman–Crippen MR) is 123 cm³/mol. The van der Waals surface area contributed by atoms with Crippen LogP contribution in [0.2, 0.25) is 0 Å². The molecule has 0 heteroatoms. The van der Waals surface area contributed by atoms with Gasteiger partial charge in [-0.05, 0) is 57.4 Å². The van der Waals surface area contributed by atoms with Gasteiger partial charge in [0.2, 0.25) is 0 Å². The maximum absolute atomic E-state index is 2.35. The van der Waals surface area contributed by atoms with E-state index in [9.17, 15) is 0 Å². The van der Waals surface area contributed by atoms with E-state index < -0.39 is 0 Å². The Morgan fingerprint density at radius 3 is 1.18 bits per heavy atom. The van der Waals surface area contributed by atoms with Crippen molar-refractivity contribution in [2.45, 2.75) is 40.5 Å². The smallest absolute Gasteiger partial charge is 0.0140 e. The lowest BCUT2D eigenvalue weighted by Crippen LogP contribution is -2.32. The summed E-state index contributed by atoms with van der Waals surface area (Å²) in [4.78, 5) is 0. The zero-order chi connectivity index (χ0) is 19.9. The molecule has 2 atom stereocenters. The van der Waals surface area contributed by atoms with Gasteiger partial charge in [0.25, 0.3) is 0 Å². The second-order valence-corrected chi connectivity index (χ2v) is 7.72. The van der Waals surface area contributed by atoms with E-state index in [2.05, 4.69) is 113 Å². The second kappa shape index (κ2) is 9.55. The Labute approximate surface area is 170 Å². The van der Waals surface area contributed by atoms with E-state index >= 15 is 0 Å². The minimum atomic E-state index is 0.498. The molecule has 0 aliphatic heterocycles. The summed E-state index contributed by atoms with van der Waals surface area (Å²) in [6.45, 7) is 9.27. The summed E-state index contributed by atoms with van der Waals surface area (Å²) in [7, 11) is 0. The molecule has 0 fully saturated rings. The third-order valence-corrected chi connectivity index (χ3v) is 5.89. The van der Waals surface area contributed by atoms with Crippen molar-refractivity contribution in [3.63, 3.8) is 0 Å². The fraction of sp³-hybridized carbons (Fsp3) is 0.286. The molecular weight excluding hydrogens is 336 g/mol. The van der Waals surface area contributed by atoms with Crippen LogP contribution in [0.3, 0.4) is 0 Å². The van der Waals surface area contributed by atoms with Gasteiger partial charge in [-0.3, -0.25) is 0 Å². The summed E-state index contributed by atoms with van der Waals surface area (Å²) in [6, 6.07) is 30.8. The highest BCUT2D eigenvalue weighted by atomic mass is 14.2. The summed E-state index contributed by atoms with van der Waals surface area (Å²) in [6.07, 6.45) is 2.26. The molecule has 0 aromatic heterocycles. The van der Waals surface area contributed by atoms with Crippen LogP contribution in [0.4, 0.5) is 0 Å². The minimum absolute atomic E-state index is 0.498. The van der Waals surface area contributed by atoms with Gasteiger partial charge in [-0.2, -0.15) is 0 Å². The van der Waals surface area contributed by atoms with Gasteiger partial charge in [-0.25, -0.2) is 0 Å². The number of rotatable bonds is 6. The van der Waals surface area contributed by atoms with Crippen molar-refractivity contribution in [2.75, 3.05) is 0 Å². The molecule has 0 amide bonds. The van der Waals surface area contributed by atoms with Gasteiger partial charge >= 0.3 is 0 Å². The Balaban J connectivity index is 2.50. The molecule has 2 unspecified atom stereocenters. The first-order valence-corrected chi connectivity index (χ1v) is 10.6. The van der Waals surface area contributed by atoms with Gasteiger partial charge in [0.1, 0.15) is 0 Å². The lowest BCUT2D eigenvalue weighted by molar-refractivity contribution is 0.708. The fourth-order valence-electron chi connectivity index (χ4n) is 4.01. The topological polar surface area (TPSA) is 0 Å². The molecule has 0 aliphatic rings. The van der Waals surface area contributed by atoms with Crippen LogP contribution in [0, 0.1) is 11.8 Å². The molecule has 3 aromatic rings. The Morgan fingerprint density at radius 2 is 0.857 bits per heavy atom. The lowest BCUT2D eigenvalue weighted by atomic mass is 9.85. The Bertz CT molecular complexity index is 912. The summed E-state index contributed by atoms with van der Waals surface area (Å²) in [5, 5.41) is 2.75. The first-order chi connectivity index (χ1) is 13.7. The first-order valence-electron chi connectivity index (χ1n) is 10.6. The van der Waals surface area contributed by atoms with E-state index in [-0.39, 0.29) is 0 Å². The third-order valence-electron chi connectivity index (χ3n) is 5.89. The van der Waals surface area contributed by atoms with Crippen molar-refractivity contribution in [3.8, 4) is 0 Å². The van der Waals surface area contributed by atoms with Gasteiger partial charge in [-0.1, -0.05) is 113 Å². The molecular formula is C28H32. The Kier molecular flexibility index (Phi) is 6.87. The highest BCUT2D eigenvalue weighted by Crippen LogP contribution is 2.24.